The fraction of sp³-hybridized carbons (Fsp3) is 0.300. The predicted molar refractivity (Wildman–Crippen MR) is 46.2 cm³/mol. The molecule has 0 bridgehead atoms. The van der Waals surface area contributed by atoms with E-state index in [0.29, 0.717) is 13.2 Å². The van der Waals surface area contributed by atoms with Crippen LogP contribution in [0.5, 0.6) is 0 Å². The van der Waals surface area contributed by atoms with Crippen LogP contribution in [0.4, 0.5) is 4.39 Å². The van der Waals surface area contributed by atoms with Crippen LogP contribution in [0.15, 0.2) is 18.2 Å². The summed E-state index contributed by atoms with van der Waals surface area (Å²) in [7, 11) is 0. The summed E-state index contributed by atoms with van der Waals surface area (Å²) in [5.74, 6) is -0.219. The van der Waals surface area contributed by atoms with Crippen molar-refractivity contribution in [1.82, 2.24) is 0 Å². The van der Waals surface area contributed by atoms with Crippen LogP contribution in [-0.2, 0) is 11.3 Å². The number of halogens is 1. The quantitative estimate of drug-likeness (QED) is 0.672. The van der Waals surface area contributed by atoms with E-state index in [2.05, 4.69) is 6.92 Å². The molecule has 0 N–H and O–H groups in total. The molecule has 1 radical (unpaired) electrons. The molecule has 0 saturated carbocycles. The fourth-order valence-electron chi connectivity index (χ4n) is 0.978. The number of hydrogen-bond donors (Lipinski definition) is 0. The normalized spacial score (nSPS) is 10.2. The highest BCUT2D eigenvalue weighted by Crippen LogP contribution is 2.10. The number of hydrogen-bond acceptors (Lipinski definition) is 1. The molecular weight excluding hydrogens is 155 g/mol. The summed E-state index contributed by atoms with van der Waals surface area (Å²) in [4.78, 5) is 0. The molecule has 0 atom stereocenters. The van der Waals surface area contributed by atoms with Crippen molar-refractivity contribution in [1.29, 1.82) is 0 Å². The molecule has 0 amide bonds. The SMILES string of the molecule is [CH2]COCc1cc(F)ccc1C. The summed E-state index contributed by atoms with van der Waals surface area (Å²) in [6, 6.07) is 4.69. The lowest BCUT2D eigenvalue weighted by atomic mass is 10.1. The highest BCUT2D eigenvalue weighted by molar-refractivity contribution is 5.25. The van der Waals surface area contributed by atoms with E-state index in [1.165, 1.54) is 12.1 Å². The van der Waals surface area contributed by atoms with Crippen molar-refractivity contribution in [2.45, 2.75) is 13.5 Å². The summed E-state index contributed by atoms with van der Waals surface area (Å²) in [6.07, 6.45) is 0. The Morgan fingerprint density at radius 2 is 2.25 bits per heavy atom. The van der Waals surface area contributed by atoms with Crippen molar-refractivity contribution >= 4 is 0 Å². The summed E-state index contributed by atoms with van der Waals surface area (Å²) >= 11 is 0. The molecule has 65 valence electrons. The van der Waals surface area contributed by atoms with Crippen LogP contribution in [0.3, 0.4) is 0 Å². The highest BCUT2D eigenvalue weighted by Gasteiger charge is 1.99. The Bertz CT molecular complexity index is 258. The molecular formula is C10H12FO. The summed E-state index contributed by atoms with van der Waals surface area (Å²) in [6.45, 7) is 6.32. The highest BCUT2D eigenvalue weighted by atomic mass is 19.1. The van der Waals surface area contributed by atoms with Crippen LogP contribution in [0.2, 0.25) is 0 Å². The molecule has 1 rings (SSSR count). The third-order valence-electron chi connectivity index (χ3n) is 1.71. The standard InChI is InChI=1S/C10H12FO/c1-3-12-7-9-6-10(11)5-4-8(9)2/h4-6H,1,3,7H2,2H3. The maximum absolute atomic E-state index is 12.7. The first kappa shape index (κ1) is 9.20. The Hall–Kier alpha value is -0.890. The molecule has 2 heteroatoms. The Morgan fingerprint density at radius 3 is 2.92 bits per heavy atom. The van der Waals surface area contributed by atoms with Crippen molar-refractivity contribution in [3.8, 4) is 0 Å². The second kappa shape index (κ2) is 4.21. The van der Waals surface area contributed by atoms with E-state index in [1.54, 1.807) is 6.07 Å². The maximum Gasteiger partial charge on any atom is 0.123 e. The van der Waals surface area contributed by atoms with Crippen LogP contribution < -0.4 is 0 Å². The predicted octanol–water partition coefficient (Wildman–Crippen LogP) is 2.48. The molecule has 0 aromatic heterocycles. The minimum atomic E-state index is -0.219. The first-order valence-electron chi connectivity index (χ1n) is 3.86. The van der Waals surface area contributed by atoms with E-state index in [9.17, 15) is 4.39 Å². The number of benzene rings is 1. The number of aryl methyl sites for hydroxylation is 1. The molecule has 0 heterocycles. The Kier molecular flexibility index (Phi) is 3.23. The zero-order valence-corrected chi connectivity index (χ0v) is 7.14. The smallest absolute Gasteiger partial charge is 0.123 e. The average Bonchev–Trinajstić information content (AvgIpc) is 2.07. The third kappa shape index (κ3) is 2.31. The first-order chi connectivity index (χ1) is 5.74. The zero-order chi connectivity index (χ0) is 8.97. The van der Waals surface area contributed by atoms with Gasteiger partial charge in [0.25, 0.3) is 0 Å². The van der Waals surface area contributed by atoms with Gasteiger partial charge in [-0.25, -0.2) is 4.39 Å². The van der Waals surface area contributed by atoms with Crippen LogP contribution in [0.1, 0.15) is 11.1 Å². The van der Waals surface area contributed by atoms with Gasteiger partial charge in [0.15, 0.2) is 0 Å². The van der Waals surface area contributed by atoms with Gasteiger partial charge < -0.3 is 4.74 Å². The van der Waals surface area contributed by atoms with Crippen molar-refractivity contribution in [2.24, 2.45) is 0 Å². The maximum atomic E-state index is 12.7. The molecule has 1 aromatic carbocycles. The van der Waals surface area contributed by atoms with Gasteiger partial charge in [-0.15, -0.1) is 0 Å². The van der Waals surface area contributed by atoms with Crippen molar-refractivity contribution in [3.63, 3.8) is 0 Å². The number of ether oxygens (including phenoxy) is 1. The summed E-state index contributed by atoms with van der Waals surface area (Å²) < 4.78 is 17.8. The van der Waals surface area contributed by atoms with E-state index in [4.69, 9.17) is 4.74 Å². The van der Waals surface area contributed by atoms with Gasteiger partial charge in [-0.1, -0.05) is 6.07 Å². The zero-order valence-electron chi connectivity index (χ0n) is 7.14. The van der Waals surface area contributed by atoms with Gasteiger partial charge in [-0.05, 0) is 37.1 Å². The average molecular weight is 167 g/mol. The molecule has 1 aromatic rings. The van der Waals surface area contributed by atoms with Crippen molar-refractivity contribution in [3.05, 3.63) is 42.1 Å². The third-order valence-corrected chi connectivity index (χ3v) is 1.71. The van der Waals surface area contributed by atoms with E-state index in [1.807, 2.05) is 6.92 Å². The van der Waals surface area contributed by atoms with E-state index >= 15 is 0 Å². The monoisotopic (exact) mass is 167 g/mol. The minimum absolute atomic E-state index is 0.219. The van der Waals surface area contributed by atoms with Crippen LogP contribution in [0, 0.1) is 19.7 Å². The summed E-state index contributed by atoms with van der Waals surface area (Å²) in [5, 5.41) is 0. The molecule has 0 spiro atoms. The van der Waals surface area contributed by atoms with E-state index in [-0.39, 0.29) is 5.82 Å². The van der Waals surface area contributed by atoms with E-state index < -0.39 is 0 Å². The molecule has 0 unspecified atom stereocenters. The van der Waals surface area contributed by atoms with Crippen LogP contribution in [-0.4, -0.2) is 6.61 Å². The lowest BCUT2D eigenvalue weighted by molar-refractivity contribution is 0.146. The van der Waals surface area contributed by atoms with Gasteiger partial charge in [0.2, 0.25) is 0 Å². The Labute approximate surface area is 72.2 Å². The fourth-order valence-corrected chi connectivity index (χ4v) is 0.978. The molecule has 0 aliphatic heterocycles. The Morgan fingerprint density at radius 1 is 1.50 bits per heavy atom. The largest absolute Gasteiger partial charge is 0.377 e. The van der Waals surface area contributed by atoms with Crippen molar-refractivity contribution < 1.29 is 9.13 Å². The van der Waals surface area contributed by atoms with Gasteiger partial charge in [-0.2, -0.15) is 0 Å². The second-order valence-electron chi connectivity index (χ2n) is 2.62. The van der Waals surface area contributed by atoms with Gasteiger partial charge in [0, 0.05) is 6.61 Å². The van der Waals surface area contributed by atoms with Gasteiger partial charge in [0.1, 0.15) is 5.82 Å². The van der Waals surface area contributed by atoms with Crippen LogP contribution in [0.25, 0.3) is 0 Å². The second-order valence-corrected chi connectivity index (χ2v) is 2.62. The van der Waals surface area contributed by atoms with Gasteiger partial charge in [-0.3, -0.25) is 0 Å². The van der Waals surface area contributed by atoms with Crippen LogP contribution >= 0.6 is 0 Å². The minimum Gasteiger partial charge on any atom is -0.377 e. The molecule has 0 fully saturated rings. The Balaban J connectivity index is 2.75. The summed E-state index contributed by atoms with van der Waals surface area (Å²) in [5.41, 5.74) is 1.93. The molecule has 12 heavy (non-hydrogen) atoms. The molecule has 0 aliphatic carbocycles. The molecule has 1 nitrogen and oxygen atoms in total. The molecule has 0 saturated heterocycles. The lowest BCUT2D eigenvalue weighted by Gasteiger charge is -2.04. The topological polar surface area (TPSA) is 9.23 Å². The number of rotatable bonds is 3. The lowest BCUT2D eigenvalue weighted by Crippen LogP contribution is -1.95. The van der Waals surface area contributed by atoms with E-state index in [0.717, 1.165) is 11.1 Å². The molecule has 0 aliphatic rings. The van der Waals surface area contributed by atoms with Crippen molar-refractivity contribution in [2.75, 3.05) is 6.61 Å². The van der Waals surface area contributed by atoms with Gasteiger partial charge >= 0.3 is 0 Å². The first-order valence-corrected chi connectivity index (χ1v) is 3.86. The van der Waals surface area contributed by atoms with Gasteiger partial charge in [0.05, 0.1) is 6.61 Å².